The summed E-state index contributed by atoms with van der Waals surface area (Å²) >= 11 is 0. The molecule has 1 aliphatic heterocycles. The summed E-state index contributed by atoms with van der Waals surface area (Å²) in [5.74, 6) is 1.06. The van der Waals surface area contributed by atoms with E-state index in [0.717, 1.165) is 36.4 Å². The fourth-order valence-corrected chi connectivity index (χ4v) is 2.71. The molecule has 3 rings (SSSR count). The molecule has 0 radical (unpaired) electrons. The van der Waals surface area contributed by atoms with Crippen LogP contribution in [0.15, 0.2) is 41.0 Å². The van der Waals surface area contributed by atoms with Crippen molar-refractivity contribution in [3.63, 3.8) is 0 Å². The number of nitrogens with zero attached hydrogens (tertiary/aromatic N) is 1. The van der Waals surface area contributed by atoms with Gasteiger partial charge in [-0.15, -0.1) is 0 Å². The number of amides is 1. The Balaban J connectivity index is 2.03. The van der Waals surface area contributed by atoms with Crippen LogP contribution in [0.2, 0.25) is 0 Å². The molecule has 2 heterocycles. The van der Waals surface area contributed by atoms with Crippen LogP contribution < -0.4 is 4.90 Å². The molecule has 20 heavy (non-hydrogen) atoms. The van der Waals surface area contributed by atoms with Gasteiger partial charge in [0.05, 0.1) is 6.26 Å². The normalized spacial score (nSPS) is 14.4. The molecular weight excluding hydrogens is 250 g/mol. The van der Waals surface area contributed by atoms with Crippen molar-refractivity contribution in [1.82, 2.24) is 0 Å². The van der Waals surface area contributed by atoms with E-state index in [1.54, 1.807) is 6.26 Å². The Kier molecular flexibility index (Phi) is 3.35. The van der Waals surface area contributed by atoms with Crippen LogP contribution in [0.3, 0.4) is 0 Å². The number of aryl methyl sites for hydroxylation is 1. The lowest BCUT2D eigenvalue weighted by Crippen LogP contribution is -2.38. The number of furan rings is 1. The fourth-order valence-electron chi connectivity index (χ4n) is 2.71. The maximum atomic E-state index is 12.4. The van der Waals surface area contributed by atoms with Crippen molar-refractivity contribution in [3.8, 4) is 11.3 Å². The second-order valence-corrected chi connectivity index (χ2v) is 5.57. The van der Waals surface area contributed by atoms with Gasteiger partial charge in [0, 0.05) is 23.7 Å². The standard InChI is InChI=1S/C17H19NO2/c1-12(2)17(19)18-9-3-5-13-7-8-14(11-15(13)18)16-6-4-10-20-16/h4,6-8,10-12H,3,5,9H2,1-2H3. The van der Waals surface area contributed by atoms with Gasteiger partial charge in [-0.05, 0) is 36.6 Å². The molecule has 3 nitrogen and oxygen atoms in total. The number of benzene rings is 1. The molecule has 3 heteroatoms. The van der Waals surface area contributed by atoms with Crippen LogP contribution in [-0.2, 0) is 11.2 Å². The van der Waals surface area contributed by atoms with Crippen LogP contribution in [0.1, 0.15) is 25.8 Å². The average molecular weight is 269 g/mol. The Morgan fingerprint density at radius 2 is 2.15 bits per heavy atom. The summed E-state index contributed by atoms with van der Waals surface area (Å²) in [4.78, 5) is 14.3. The van der Waals surface area contributed by atoms with E-state index in [4.69, 9.17) is 4.42 Å². The molecule has 104 valence electrons. The minimum absolute atomic E-state index is 0.0215. The minimum atomic E-state index is 0.0215. The van der Waals surface area contributed by atoms with E-state index in [2.05, 4.69) is 18.2 Å². The first-order valence-corrected chi connectivity index (χ1v) is 7.15. The Morgan fingerprint density at radius 1 is 1.30 bits per heavy atom. The highest BCUT2D eigenvalue weighted by atomic mass is 16.3. The van der Waals surface area contributed by atoms with Gasteiger partial charge >= 0.3 is 0 Å². The number of hydrogen-bond donors (Lipinski definition) is 0. The summed E-state index contributed by atoms with van der Waals surface area (Å²) in [6.45, 7) is 4.71. The second-order valence-electron chi connectivity index (χ2n) is 5.57. The number of rotatable bonds is 2. The van der Waals surface area contributed by atoms with Gasteiger partial charge < -0.3 is 9.32 Å². The molecule has 0 unspecified atom stereocenters. The summed E-state index contributed by atoms with van der Waals surface area (Å²) in [6.07, 6.45) is 3.74. The van der Waals surface area contributed by atoms with E-state index in [0.29, 0.717) is 0 Å². The molecule has 0 fully saturated rings. The number of hydrogen-bond acceptors (Lipinski definition) is 2. The van der Waals surface area contributed by atoms with Gasteiger partial charge in [0.15, 0.2) is 0 Å². The minimum Gasteiger partial charge on any atom is -0.464 e. The molecule has 1 aromatic carbocycles. The van der Waals surface area contributed by atoms with Gasteiger partial charge in [-0.2, -0.15) is 0 Å². The third-order valence-corrected chi connectivity index (χ3v) is 3.77. The first kappa shape index (κ1) is 13.0. The Labute approximate surface area is 119 Å². The van der Waals surface area contributed by atoms with E-state index in [9.17, 15) is 4.79 Å². The van der Waals surface area contributed by atoms with Gasteiger partial charge in [-0.1, -0.05) is 26.0 Å². The molecule has 0 saturated carbocycles. The van der Waals surface area contributed by atoms with Crippen molar-refractivity contribution in [1.29, 1.82) is 0 Å². The molecule has 1 amide bonds. The lowest BCUT2D eigenvalue weighted by Gasteiger charge is -2.31. The van der Waals surface area contributed by atoms with Crippen molar-refractivity contribution in [2.24, 2.45) is 5.92 Å². The Hall–Kier alpha value is -2.03. The molecule has 0 atom stereocenters. The van der Waals surface area contributed by atoms with Crippen molar-refractivity contribution in [2.75, 3.05) is 11.4 Å². The molecule has 0 aliphatic carbocycles. The van der Waals surface area contributed by atoms with Gasteiger partial charge in [-0.3, -0.25) is 4.79 Å². The molecule has 0 N–H and O–H groups in total. The third-order valence-electron chi connectivity index (χ3n) is 3.77. The largest absolute Gasteiger partial charge is 0.464 e. The summed E-state index contributed by atoms with van der Waals surface area (Å²) < 4.78 is 5.45. The summed E-state index contributed by atoms with van der Waals surface area (Å²) in [6, 6.07) is 10.1. The SMILES string of the molecule is CC(C)C(=O)N1CCCc2ccc(-c3ccco3)cc21. The van der Waals surface area contributed by atoms with Crippen molar-refractivity contribution in [3.05, 3.63) is 42.2 Å². The smallest absolute Gasteiger partial charge is 0.229 e. The Morgan fingerprint density at radius 3 is 2.85 bits per heavy atom. The second kappa shape index (κ2) is 5.16. The van der Waals surface area contributed by atoms with Crippen LogP contribution in [0, 0.1) is 5.92 Å². The first-order valence-electron chi connectivity index (χ1n) is 7.15. The zero-order valence-corrected chi connectivity index (χ0v) is 11.9. The van der Waals surface area contributed by atoms with Gasteiger partial charge in [-0.25, -0.2) is 0 Å². The number of anilines is 1. The summed E-state index contributed by atoms with van der Waals surface area (Å²) in [5, 5.41) is 0. The quantitative estimate of drug-likeness (QED) is 0.829. The molecule has 1 aromatic heterocycles. The lowest BCUT2D eigenvalue weighted by molar-refractivity contribution is -0.121. The summed E-state index contributed by atoms with van der Waals surface area (Å²) in [7, 11) is 0. The highest BCUT2D eigenvalue weighted by molar-refractivity contribution is 5.96. The molecule has 1 aliphatic rings. The van der Waals surface area contributed by atoms with Gasteiger partial charge in [0.25, 0.3) is 0 Å². The highest BCUT2D eigenvalue weighted by Gasteiger charge is 2.24. The molecular formula is C17H19NO2. The van der Waals surface area contributed by atoms with Crippen molar-refractivity contribution < 1.29 is 9.21 Å². The number of fused-ring (bicyclic) bond motifs is 1. The Bertz CT molecular complexity index is 614. The maximum absolute atomic E-state index is 12.4. The predicted octanol–water partition coefficient (Wildman–Crippen LogP) is 3.88. The lowest BCUT2D eigenvalue weighted by atomic mass is 9.97. The van der Waals surface area contributed by atoms with E-state index in [1.165, 1.54) is 5.56 Å². The number of carbonyl (C=O) groups excluding carboxylic acids is 1. The third kappa shape index (κ3) is 2.24. The maximum Gasteiger partial charge on any atom is 0.229 e. The zero-order chi connectivity index (χ0) is 14.1. The van der Waals surface area contributed by atoms with E-state index in [1.807, 2.05) is 30.9 Å². The molecule has 0 bridgehead atoms. The molecule has 2 aromatic rings. The zero-order valence-electron chi connectivity index (χ0n) is 11.9. The van der Waals surface area contributed by atoms with E-state index in [-0.39, 0.29) is 11.8 Å². The van der Waals surface area contributed by atoms with Gasteiger partial charge in [0.2, 0.25) is 5.91 Å². The van der Waals surface area contributed by atoms with Gasteiger partial charge in [0.1, 0.15) is 5.76 Å². The van der Waals surface area contributed by atoms with E-state index >= 15 is 0 Å². The van der Waals surface area contributed by atoms with Crippen LogP contribution in [0.5, 0.6) is 0 Å². The predicted molar refractivity (Wildman–Crippen MR) is 79.7 cm³/mol. The van der Waals surface area contributed by atoms with E-state index < -0.39 is 0 Å². The van der Waals surface area contributed by atoms with Crippen LogP contribution in [0.4, 0.5) is 5.69 Å². The molecule has 0 saturated heterocycles. The number of carbonyl (C=O) groups is 1. The van der Waals surface area contributed by atoms with Crippen molar-refractivity contribution >= 4 is 11.6 Å². The monoisotopic (exact) mass is 269 g/mol. The van der Waals surface area contributed by atoms with Crippen LogP contribution >= 0.6 is 0 Å². The average Bonchev–Trinajstić information content (AvgIpc) is 2.99. The summed E-state index contributed by atoms with van der Waals surface area (Å²) in [5.41, 5.74) is 3.32. The topological polar surface area (TPSA) is 33.5 Å². The first-order chi connectivity index (χ1) is 9.66. The van der Waals surface area contributed by atoms with Crippen molar-refractivity contribution in [2.45, 2.75) is 26.7 Å². The fraction of sp³-hybridized carbons (Fsp3) is 0.353. The highest BCUT2D eigenvalue weighted by Crippen LogP contribution is 2.33. The van der Waals surface area contributed by atoms with Crippen LogP contribution in [0.25, 0.3) is 11.3 Å². The molecule has 0 spiro atoms. The van der Waals surface area contributed by atoms with Crippen LogP contribution in [-0.4, -0.2) is 12.5 Å².